The molecule has 0 saturated heterocycles. The molecule has 1 rings (SSSR count). The van der Waals surface area contributed by atoms with Gasteiger partial charge < -0.3 is 9.72 Å². The number of rotatable bonds is 2. The maximum atomic E-state index is 12.6. The molecular formula is C7H8FNO4S. The predicted octanol–water partition coefficient (Wildman–Crippen LogP) is 0.768. The molecule has 0 aliphatic rings. The summed E-state index contributed by atoms with van der Waals surface area (Å²) in [6.07, 6.45) is 1.09. The Bertz CT molecular complexity index is 462. The molecule has 14 heavy (non-hydrogen) atoms. The van der Waals surface area contributed by atoms with Gasteiger partial charge in [0.05, 0.1) is 12.7 Å². The number of nitrogens with one attached hydrogen (secondary N) is 1. The van der Waals surface area contributed by atoms with Gasteiger partial charge in [-0.05, 0) is 6.92 Å². The van der Waals surface area contributed by atoms with E-state index in [9.17, 15) is 17.1 Å². The van der Waals surface area contributed by atoms with E-state index < -0.39 is 21.2 Å². The number of ether oxygens (including phenoxy) is 1. The average Bonchev–Trinajstić information content (AvgIpc) is 2.45. The summed E-state index contributed by atoms with van der Waals surface area (Å²) in [6.45, 7) is 1.31. The van der Waals surface area contributed by atoms with E-state index in [1.807, 2.05) is 0 Å². The van der Waals surface area contributed by atoms with Crippen LogP contribution < -0.4 is 0 Å². The Morgan fingerprint density at radius 1 is 1.57 bits per heavy atom. The van der Waals surface area contributed by atoms with Gasteiger partial charge >= 0.3 is 16.2 Å². The van der Waals surface area contributed by atoms with Gasteiger partial charge in [-0.3, -0.25) is 0 Å². The van der Waals surface area contributed by atoms with E-state index in [0.717, 1.165) is 13.3 Å². The van der Waals surface area contributed by atoms with Crippen LogP contribution in [0, 0.1) is 6.92 Å². The average molecular weight is 221 g/mol. The highest BCUT2D eigenvalue weighted by Crippen LogP contribution is 2.19. The molecule has 0 atom stereocenters. The van der Waals surface area contributed by atoms with Crippen molar-refractivity contribution >= 4 is 16.2 Å². The second-order valence-corrected chi connectivity index (χ2v) is 3.87. The number of methoxy groups -OCH3 is 1. The fourth-order valence-electron chi connectivity index (χ4n) is 1.05. The Kier molecular flexibility index (Phi) is 2.61. The van der Waals surface area contributed by atoms with Crippen molar-refractivity contribution in [2.24, 2.45) is 0 Å². The van der Waals surface area contributed by atoms with Gasteiger partial charge in [0.25, 0.3) is 0 Å². The van der Waals surface area contributed by atoms with Crippen molar-refractivity contribution in [2.75, 3.05) is 7.11 Å². The highest BCUT2D eigenvalue weighted by atomic mass is 32.3. The first-order valence-electron chi connectivity index (χ1n) is 3.59. The second kappa shape index (κ2) is 3.41. The maximum Gasteiger partial charge on any atom is 0.347 e. The number of hydrogen-bond donors (Lipinski definition) is 1. The highest BCUT2D eigenvalue weighted by molar-refractivity contribution is 7.86. The van der Waals surface area contributed by atoms with Crippen molar-refractivity contribution in [3.63, 3.8) is 0 Å². The number of carbonyl (C=O) groups is 1. The lowest BCUT2D eigenvalue weighted by Gasteiger charge is -1.96. The van der Waals surface area contributed by atoms with Crippen LogP contribution in [0.1, 0.15) is 15.9 Å². The molecule has 0 bridgehead atoms. The first-order chi connectivity index (χ1) is 6.38. The molecular weight excluding hydrogens is 213 g/mol. The number of esters is 1. The van der Waals surface area contributed by atoms with Crippen molar-refractivity contribution in [3.05, 3.63) is 17.3 Å². The molecule has 0 spiro atoms. The molecule has 0 aromatic carbocycles. The van der Waals surface area contributed by atoms with Gasteiger partial charge in [-0.25, -0.2) is 4.79 Å². The van der Waals surface area contributed by atoms with E-state index >= 15 is 0 Å². The Labute approximate surface area is 80.1 Å². The summed E-state index contributed by atoms with van der Waals surface area (Å²) in [5, 5.41) is -0.613. The molecule has 78 valence electrons. The summed E-state index contributed by atoms with van der Waals surface area (Å²) in [7, 11) is -3.67. The third-order valence-electron chi connectivity index (χ3n) is 1.74. The SMILES string of the molecule is COC(=O)c1c[nH]c(S(=O)(=O)F)c1C. The van der Waals surface area contributed by atoms with E-state index in [0.29, 0.717) is 0 Å². The van der Waals surface area contributed by atoms with E-state index in [4.69, 9.17) is 0 Å². The van der Waals surface area contributed by atoms with Gasteiger partial charge in [0.15, 0.2) is 5.03 Å². The third-order valence-corrected chi connectivity index (χ3v) is 2.65. The van der Waals surface area contributed by atoms with Crippen LogP contribution in [0.2, 0.25) is 0 Å². The van der Waals surface area contributed by atoms with E-state index in [1.54, 1.807) is 0 Å². The van der Waals surface area contributed by atoms with Gasteiger partial charge in [0.2, 0.25) is 0 Å². The summed E-state index contributed by atoms with van der Waals surface area (Å²) in [4.78, 5) is 13.2. The van der Waals surface area contributed by atoms with Crippen LogP contribution in [0.15, 0.2) is 11.2 Å². The predicted molar refractivity (Wildman–Crippen MR) is 45.2 cm³/mol. The minimum absolute atomic E-state index is 0.00345. The number of H-pyrrole nitrogens is 1. The standard InChI is InChI=1S/C7H8FNO4S/c1-4-5(7(10)13-2)3-9-6(4)14(8,11)12/h3,9H,1-2H3. The molecule has 1 aromatic rings. The molecule has 5 nitrogen and oxygen atoms in total. The van der Waals surface area contributed by atoms with Crippen molar-refractivity contribution in [1.82, 2.24) is 4.98 Å². The van der Waals surface area contributed by atoms with Crippen LogP contribution in [0.3, 0.4) is 0 Å². The summed E-state index contributed by atoms with van der Waals surface area (Å²) in [5.74, 6) is -0.714. The Balaban J connectivity index is 3.29. The Hall–Kier alpha value is -1.37. The molecule has 0 aliphatic heterocycles. The van der Waals surface area contributed by atoms with Gasteiger partial charge in [0.1, 0.15) is 0 Å². The normalized spacial score (nSPS) is 11.4. The number of carbonyl (C=O) groups excluding carboxylic acids is 1. The largest absolute Gasteiger partial charge is 0.465 e. The molecule has 0 radical (unpaired) electrons. The molecule has 0 saturated carbocycles. The van der Waals surface area contributed by atoms with Crippen molar-refractivity contribution < 1.29 is 21.8 Å². The Morgan fingerprint density at radius 2 is 2.14 bits per heavy atom. The summed E-state index contributed by atoms with van der Waals surface area (Å²) in [5.41, 5.74) is 0.0167. The van der Waals surface area contributed by atoms with E-state index in [2.05, 4.69) is 9.72 Å². The molecule has 0 unspecified atom stereocenters. The van der Waals surface area contributed by atoms with E-state index in [-0.39, 0.29) is 11.1 Å². The van der Waals surface area contributed by atoms with Crippen LogP contribution in [0.25, 0.3) is 0 Å². The summed E-state index contributed by atoms with van der Waals surface area (Å²) < 4.78 is 38.0. The zero-order valence-electron chi connectivity index (χ0n) is 7.50. The third kappa shape index (κ3) is 1.77. The lowest BCUT2D eigenvalue weighted by molar-refractivity contribution is 0.0600. The summed E-state index contributed by atoms with van der Waals surface area (Å²) >= 11 is 0. The van der Waals surface area contributed by atoms with Crippen LogP contribution in [0.4, 0.5) is 3.89 Å². The molecule has 1 N–H and O–H groups in total. The highest BCUT2D eigenvalue weighted by Gasteiger charge is 2.22. The zero-order chi connectivity index (χ0) is 10.9. The molecule has 0 amide bonds. The number of aromatic amines is 1. The second-order valence-electron chi connectivity index (χ2n) is 2.59. The molecule has 7 heteroatoms. The lowest BCUT2D eigenvalue weighted by Crippen LogP contribution is -2.02. The zero-order valence-corrected chi connectivity index (χ0v) is 8.31. The number of aromatic nitrogens is 1. The first-order valence-corrected chi connectivity index (χ1v) is 4.97. The molecule has 0 fully saturated rings. The number of halogens is 1. The number of hydrogen-bond acceptors (Lipinski definition) is 4. The van der Waals surface area contributed by atoms with Crippen LogP contribution in [0.5, 0.6) is 0 Å². The van der Waals surface area contributed by atoms with Gasteiger partial charge in [-0.15, -0.1) is 0 Å². The fraction of sp³-hybridized carbons (Fsp3) is 0.286. The Morgan fingerprint density at radius 3 is 2.50 bits per heavy atom. The smallest absolute Gasteiger partial charge is 0.347 e. The van der Waals surface area contributed by atoms with Gasteiger partial charge in [-0.1, -0.05) is 3.89 Å². The first kappa shape index (κ1) is 10.7. The minimum Gasteiger partial charge on any atom is -0.465 e. The lowest BCUT2D eigenvalue weighted by atomic mass is 10.2. The van der Waals surface area contributed by atoms with Crippen LogP contribution in [-0.2, 0) is 15.0 Å². The topological polar surface area (TPSA) is 76.2 Å². The molecule has 0 aliphatic carbocycles. The maximum absolute atomic E-state index is 12.6. The monoisotopic (exact) mass is 221 g/mol. The molecule has 1 aromatic heterocycles. The molecule has 1 heterocycles. The van der Waals surface area contributed by atoms with Gasteiger partial charge in [0, 0.05) is 11.8 Å². The van der Waals surface area contributed by atoms with Crippen molar-refractivity contribution in [2.45, 2.75) is 11.9 Å². The van der Waals surface area contributed by atoms with Crippen LogP contribution >= 0.6 is 0 Å². The van der Waals surface area contributed by atoms with Crippen molar-refractivity contribution in [3.8, 4) is 0 Å². The quantitative estimate of drug-likeness (QED) is 0.591. The van der Waals surface area contributed by atoms with Crippen LogP contribution in [-0.4, -0.2) is 26.5 Å². The summed E-state index contributed by atoms with van der Waals surface area (Å²) in [6, 6.07) is 0. The van der Waals surface area contributed by atoms with E-state index in [1.165, 1.54) is 6.92 Å². The minimum atomic E-state index is -4.82. The van der Waals surface area contributed by atoms with Gasteiger partial charge in [-0.2, -0.15) is 8.42 Å². The fourth-order valence-corrected chi connectivity index (χ4v) is 1.73. The van der Waals surface area contributed by atoms with Crippen molar-refractivity contribution in [1.29, 1.82) is 0 Å².